The number of hydrogen-bond donors (Lipinski definition) is 2. The van der Waals surface area contributed by atoms with Crippen molar-refractivity contribution >= 4 is 11.9 Å². The number of fused-ring (bicyclic) bond motifs is 1. The number of aromatic carboxylic acids is 1. The second kappa shape index (κ2) is 7.07. The van der Waals surface area contributed by atoms with E-state index in [0.29, 0.717) is 31.8 Å². The largest absolute Gasteiger partial charge is 0.478 e. The number of rotatable bonds is 4. The Morgan fingerprint density at radius 2 is 1.93 bits per heavy atom. The van der Waals surface area contributed by atoms with E-state index in [1.54, 1.807) is 18.2 Å². The third kappa shape index (κ3) is 3.60. The van der Waals surface area contributed by atoms with Crippen molar-refractivity contribution in [1.82, 2.24) is 14.9 Å². The van der Waals surface area contributed by atoms with Crippen molar-refractivity contribution < 1.29 is 14.7 Å². The number of aromatic nitrogens is 2. The van der Waals surface area contributed by atoms with Gasteiger partial charge in [0.1, 0.15) is 5.82 Å². The van der Waals surface area contributed by atoms with Crippen molar-refractivity contribution in [3.05, 3.63) is 77.1 Å². The van der Waals surface area contributed by atoms with E-state index in [1.165, 1.54) is 0 Å². The highest BCUT2D eigenvalue weighted by atomic mass is 16.4. The van der Waals surface area contributed by atoms with Crippen LogP contribution in [0.3, 0.4) is 0 Å². The predicted octanol–water partition coefficient (Wildman–Crippen LogP) is 2.90. The number of nitrogens with one attached hydrogen (secondary N) is 1. The Hall–Kier alpha value is -3.41. The maximum absolute atomic E-state index is 12.6. The zero-order chi connectivity index (χ0) is 18.8. The number of carbonyl (C=O) groups is 2. The van der Waals surface area contributed by atoms with Gasteiger partial charge in [-0.05, 0) is 17.7 Å². The molecule has 6 nitrogen and oxygen atoms in total. The van der Waals surface area contributed by atoms with Crippen LogP contribution in [0.2, 0.25) is 0 Å². The highest BCUT2D eigenvalue weighted by Gasteiger charge is 2.24. The molecule has 1 aliphatic rings. The molecule has 1 aromatic heterocycles. The van der Waals surface area contributed by atoms with Crippen molar-refractivity contribution in [1.29, 1.82) is 0 Å². The molecule has 1 amide bonds. The minimum Gasteiger partial charge on any atom is -0.478 e. The van der Waals surface area contributed by atoms with Crippen molar-refractivity contribution in [3.63, 3.8) is 0 Å². The van der Waals surface area contributed by atoms with Gasteiger partial charge >= 0.3 is 5.97 Å². The lowest BCUT2D eigenvalue weighted by Crippen LogP contribution is -2.37. The van der Waals surface area contributed by atoms with Gasteiger partial charge in [-0.15, -0.1) is 0 Å². The average molecular weight is 361 g/mol. The van der Waals surface area contributed by atoms with E-state index in [1.807, 2.05) is 41.3 Å². The first-order chi connectivity index (χ1) is 13.1. The number of H-pyrrole nitrogens is 1. The third-order valence-electron chi connectivity index (χ3n) is 4.77. The Morgan fingerprint density at radius 3 is 2.70 bits per heavy atom. The van der Waals surface area contributed by atoms with E-state index in [9.17, 15) is 9.59 Å². The first-order valence-electron chi connectivity index (χ1n) is 8.83. The van der Waals surface area contributed by atoms with Crippen LogP contribution in [0.25, 0.3) is 11.4 Å². The normalized spacial score (nSPS) is 13.3. The van der Waals surface area contributed by atoms with Crippen LogP contribution in [0.1, 0.15) is 27.3 Å². The maximum Gasteiger partial charge on any atom is 0.335 e. The van der Waals surface area contributed by atoms with Gasteiger partial charge in [-0.2, -0.15) is 0 Å². The van der Waals surface area contributed by atoms with E-state index in [-0.39, 0.29) is 11.5 Å². The van der Waals surface area contributed by atoms with Gasteiger partial charge in [0.25, 0.3) is 0 Å². The van der Waals surface area contributed by atoms with Crippen molar-refractivity contribution in [3.8, 4) is 11.4 Å². The smallest absolute Gasteiger partial charge is 0.335 e. The highest BCUT2D eigenvalue weighted by Crippen LogP contribution is 2.24. The summed E-state index contributed by atoms with van der Waals surface area (Å²) in [6, 6.07) is 16.4. The van der Waals surface area contributed by atoms with Crippen LogP contribution in [0, 0.1) is 0 Å². The van der Waals surface area contributed by atoms with E-state index in [2.05, 4.69) is 9.97 Å². The number of benzene rings is 2. The van der Waals surface area contributed by atoms with Crippen LogP contribution in [-0.4, -0.2) is 38.4 Å². The summed E-state index contributed by atoms with van der Waals surface area (Å²) in [6.45, 7) is 1.13. The number of imidazole rings is 1. The number of carboxylic acid groups (broad SMARTS) is 1. The zero-order valence-corrected chi connectivity index (χ0v) is 14.7. The van der Waals surface area contributed by atoms with Gasteiger partial charge in [-0.3, -0.25) is 4.79 Å². The number of amides is 1. The Bertz CT molecular complexity index is 995. The summed E-state index contributed by atoms with van der Waals surface area (Å²) in [7, 11) is 0. The Kier molecular flexibility index (Phi) is 4.46. The molecule has 4 rings (SSSR count). The number of hydrogen-bond acceptors (Lipinski definition) is 3. The van der Waals surface area contributed by atoms with E-state index in [0.717, 1.165) is 22.5 Å². The minimum absolute atomic E-state index is 0.0934. The molecule has 27 heavy (non-hydrogen) atoms. The van der Waals surface area contributed by atoms with E-state index >= 15 is 0 Å². The van der Waals surface area contributed by atoms with Gasteiger partial charge in [-0.1, -0.05) is 42.5 Å². The fourth-order valence-electron chi connectivity index (χ4n) is 3.33. The Labute approximate surface area is 156 Å². The fourth-order valence-corrected chi connectivity index (χ4v) is 3.33. The molecule has 0 bridgehead atoms. The maximum atomic E-state index is 12.6. The molecule has 1 aliphatic heterocycles. The monoisotopic (exact) mass is 361 g/mol. The van der Waals surface area contributed by atoms with Crippen LogP contribution in [0.4, 0.5) is 0 Å². The van der Waals surface area contributed by atoms with Gasteiger partial charge < -0.3 is 15.0 Å². The van der Waals surface area contributed by atoms with Crippen molar-refractivity contribution in [2.45, 2.75) is 19.4 Å². The fraction of sp³-hybridized carbons (Fsp3) is 0.190. The zero-order valence-electron chi connectivity index (χ0n) is 14.7. The van der Waals surface area contributed by atoms with Gasteiger partial charge in [0.15, 0.2) is 0 Å². The molecule has 0 atom stereocenters. The third-order valence-corrected chi connectivity index (χ3v) is 4.77. The van der Waals surface area contributed by atoms with Crippen LogP contribution in [0.15, 0.2) is 54.6 Å². The molecule has 2 aromatic carbocycles. The summed E-state index contributed by atoms with van der Waals surface area (Å²) < 4.78 is 0. The molecule has 6 heteroatoms. The lowest BCUT2D eigenvalue weighted by atomic mass is 10.1. The van der Waals surface area contributed by atoms with Crippen LogP contribution >= 0.6 is 0 Å². The first kappa shape index (κ1) is 17.0. The van der Waals surface area contributed by atoms with Crippen LogP contribution < -0.4 is 0 Å². The molecular weight excluding hydrogens is 342 g/mol. The van der Waals surface area contributed by atoms with E-state index in [4.69, 9.17) is 5.11 Å². The Morgan fingerprint density at radius 1 is 1.11 bits per heavy atom. The summed E-state index contributed by atoms with van der Waals surface area (Å²) in [5.41, 5.74) is 3.81. The number of aromatic amines is 1. The molecule has 2 N–H and O–H groups in total. The molecule has 0 saturated heterocycles. The molecule has 3 aromatic rings. The van der Waals surface area contributed by atoms with Crippen molar-refractivity contribution in [2.75, 3.05) is 6.54 Å². The lowest BCUT2D eigenvalue weighted by Gasteiger charge is -2.26. The van der Waals surface area contributed by atoms with Crippen LogP contribution in [0.5, 0.6) is 0 Å². The quantitative estimate of drug-likeness (QED) is 0.748. The minimum atomic E-state index is -0.967. The molecule has 2 heterocycles. The topological polar surface area (TPSA) is 86.3 Å². The summed E-state index contributed by atoms with van der Waals surface area (Å²) in [6.07, 6.45) is 1.07. The van der Waals surface area contributed by atoms with Gasteiger partial charge in [0.05, 0.1) is 29.9 Å². The average Bonchev–Trinajstić information content (AvgIpc) is 3.12. The Balaban J connectivity index is 1.51. The summed E-state index contributed by atoms with van der Waals surface area (Å²) in [5, 5.41) is 9.16. The van der Waals surface area contributed by atoms with Crippen LogP contribution in [-0.2, 0) is 24.2 Å². The lowest BCUT2D eigenvalue weighted by molar-refractivity contribution is -0.131. The predicted molar refractivity (Wildman–Crippen MR) is 100 cm³/mol. The molecule has 0 unspecified atom stereocenters. The second-order valence-electron chi connectivity index (χ2n) is 6.62. The molecule has 0 aliphatic carbocycles. The molecule has 0 radical (unpaired) electrons. The highest BCUT2D eigenvalue weighted by molar-refractivity contribution is 5.89. The number of nitrogens with zero attached hydrogens (tertiary/aromatic N) is 2. The molecule has 0 saturated carbocycles. The summed E-state index contributed by atoms with van der Waals surface area (Å²) in [5.74, 6) is -0.234. The number of carbonyl (C=O) groups excluding carboxylic acids is 1. The van der Waals surface area contributed by atoms with Gasteiger partial charge in [0.2, 0.25) is 5.91 Å². The molecular formula is C21H19N3O3. The number of carboxylic acids is 1. The first-order valence-corrected chi connectivity index (χ1v) is 8.83. The van der Waals surface area contributed by atoms with E-state index < -0.39 is 5.97 Å². The van der Waals surface area contributed by atoms with Crippen molar-refractivity contribution in [2.24, 2.45) is 0 Å². The summed E-state index contributed by atoms with van der Waals surface area (Å²) in [4.78, 5) is 33.5. The second-order valence-corrected chi connectivity index (χ2v) is 6.62. The molecule has 0 spiro atoms. The molecule has 136 valence electrons. The van der Waals surface area contributed by atoms with Gasteiger partial charge in [-0.25, -0.2) is 9.78 Å². The summed E-state index contributed by atoms with van der Waals surface area (Å²) >= 11 is 0. The standard InChI is InChI=1S/C21H19N3O3/c25-19(11-14-5-2-1-3-6-14)24-10-9-17-18(13-24)23-20(22-17)15-7-4-8-16(12-15)21(26)27/h1-8,12H,9-11,13H2,(H,22,23)(H,26,27). The molecule has 0 fully saturated rings. The SMILES string of the molecule is O=C(O)c1cccc(-c2nc3c([nH]2)CN(C(=O)Cc2ccccc2)CC3)c1. The van der Waals surface area contributed by atoms with Gasteiger partial charge in [0, 0.05) is 18.5 Å².